The van der Waals surface area contributed by atoms with Crippen molar-refractivity contribution < 1.29 is 9.53 Å². The molecular formula is C34H41N5O2. The van der Waals surface area contributed by atoms with Gasteiger partial charge in [0.05, 0.1) is 36.2 Å². The van der Waals surface area contributed by atoms with E-state index in [-0.39, 0.29) is 13.3 Å². The predicted molar refractivity (Wildman–Crippen MR) is 162 cm³/mol. The molecule has 0 atom stereocenters. The molecule has 1 amide bonds. The van der Waals surface area contributed by atoms with Gasteiger partial charge in [-0.3, -0.25) is 4.79 Å². The zero-order valence-corrected chi connectivity index (χ0v) is 23.7. The smallest absolute Gasteiger partial charge is 0.254 e. The summed E-state index contributed by atoms with van der Waals surface area (Å²) in [5, 5.41) is 16.8. The number of hydrogen-bond acceptors (Lipinski definition) is 5. The highest BCUT2D eigenvalue weighted by Crippen LogP contribution is 2.42. The van der Waals surface area contributed by atoms with E-state index < -0.39 is 0 Å². The summed E-state index contributed by atoms with van der Waals surface area (Å²) in [6.45, 7) is 8.99. The fraction of sp³-hybridized carbons (Fsp3) is 0.412. The second-order valence-electron chi connectivity index (χ2n) is 10.8. The van der Waals surface area contributed by atoms with Crippen LogP contribution in [0.15, 0.2) is 54.7 Å². The molecule has 0 unspecified atom stereocenters. The number of amides is 1. The van der Waals surface area contributed by atoms with Gasteiger partial charge in [-0.05, 0) is 86.3 Å². The van der Waals surface area contributed by atoms with Gasteiger partial charge < -0.3 is 14.6 Å². The van der Waals surface area contributed by atoms with Crippen molar-refractivity contribution in [1.29, 1.82) is 10.5 Å². The molecule has 2 fully saturated rings. The third-order valence-electron chi connectivity index (χ3n) is 7.84. The average Bonchev–Trinajstić information content (AvgIpc) is 3.41. The molecule has 1 N–H and O–H groups in total. The summed E-state index contributed by atoms with van der Waals surface area (Å²) in [6.07, 6.45) is 7.32. The van der Waals surface area contributed by atoms with Crippen LogP contribution in [0.1, 0.15) is 96.6 Å². The summed E-state index contributed by atoms with van der Waals surface area (Å²) < 4.78 is 5.25. The number of rotatable bonds is 6. The number of carbonyl (C=O) groups excluding carboxylic acids is 1. The van der Waals surface area contributed by atoms with Gasteiger partial charge in [-0.1, -0.05) is 38.6 Å². The van der Waals surface area contributed by atoms with Crippen LogP contribution < -0.4 is 0 Å². The first kappa shape index (κ1) is 31.3. The lowest BCUT2D eigenvalue weighted by Gasteiger charge is -2.33. The third-order valence-corrected chi connectivity index (χ3v) is 7.84. The van der Waals surface area contributed by atoms with Crippen LogP contribution >= 0.6 is 0 Å². The monoisotopic (exact) mass is 551 g/mol. The first-order valence-electron chi connectivity index (χ1n) is 13.9. The van der Waals surface area contributed by atoms with Crippen molar-refractivity contribution >= 4 is 5.91 Å². The van der Waals surface area contributed by atoms with Gasteiger partial charge in [-0.25, -0.2) is 4.98 Å². The summed E-state index contributed by atoms with van der Waals surface area (Å²) >= 11 is 0. The summed E-state index contributed by atoms with van der Waals surface area (Å²) in [5.41, 5.74) is 7.57. The highest BCUT2D eigenvalue weighted by Gasteiger charge is 2.29. The Bertz CT molecular complexity index is 1430. The lowest BCUT2D eigenvalue weighted by Crippen LogP contribution is -2.38. The maximum atomic E-state index is 13.6. The average molecular weight is 552 g/mol. The van der Waals surface area contributed by atoms with Crippen LogP contribution in [-0.4, -0.2) is 41.0 Å². The van der Waals surface area contributed by atoms with Crippen LogP contribution in [0.4, 0.5) is 0 Å². The summed E-state index contributed by atoms with van der Waals surface area (Å²) in [7, 11) is 1.67. The number of nitrogens with zero attached hydrogens (tertiary/aromatic N) is 4. The zero-order valence-electron chi connectivity index (χ0n) is 23.7. The SMILES string of the molecule is C.C=C(C)C#N.COCc1cnc(-c2cc(C(=O)N3CCC(c4ccc(C#N)cc4)CC3)c(C)cc2C2CCC2)[nH]1. The minimum absolute atomic E-state index is 0. The van der Waals surface area contributed by atoms with Crippen LogP contribution in [0.25, 0.3) is 11.4 Å². The second kappa shape index (κ2) is 14.4. The Labute approximate surface area is 244 Å². The number of H-pyrrole nitrogens is 1. The molecule has 214 valence electrons. The number of allylic oxidation sites excluding steroid dienone is 1. The maximum Gasteiger partial charge on any atom is 0.254 e. The first-order chi connectivity index (χ1) is 19.3. The molecular weight excluding hydrogens is 510 g/mol. The molecule has 1 aromatic heterocycles. The van der Waals surface area contributed by atoms with Crippen molar-refractivity contribution in [3.63, 3.8) is 0 Å². The summed E-state index contributed by atoms with van der Waals surface area (Å²) in [5.74, 6) is 1.87. The maximum absolute atomic E-state index is 13.6. The number of hydrogen-bond donors (Lipinski definition) is 1. The molecule has 0 spiro atoms. The number of aryl methyl sites for hydroxylation is 1. The molecule has 1 aliphatic heterocycles. The van der Waals surface area contributed by atoms with Gasteiger partial charge in [0, 0.05) is 36.9 Å². The number of nitriles is 2. The molecule has 2 aliphatic rings. The van der Waals surface area contributed by atoms with Crippen molar-refractivity contribution in [2.45, 2.75) is 71.8 Å². The van der Waals surface area contributed by atoms with Crippen LogP contribution in [0.5, 0.6) is 0 Å². The van der Waals surface area contributed by atoms with Crippen molar-refractivity contribution in [3.05, 3.63) is 88.3 Å². The minimum atomic E-state index is 0. The fourth-order valence-electron chi connectivity index (χ4n) is 5.36. The lowest BCUT2D eigenvalue weighted by atomic mass is 9.77. The van der Waals surface area contributed by atoms with Crippen LogP contribution in [0.2, 0.25) is 0 Å². The van der Waals surface area contributed by atoms with Crippen LogP contribution in [0.3, 0.4) is 0 Å². The van der Waals surface area contributed by atoms with E-state index in [1.54, 1.807) is 14.0 Å². The largest absolute Gasteiger partial charge is 0.378 e. The summed E-state index contributed by atoms with van der Waals surface area (Å²) in [4.78, 5) is 23.7. The lowest BCUT2D eigenvalue weighted by molar-refractivity contribution is 0.0712. The molecule has 0 bridgehead atoms. The molecule has 3 aromatic rings. The van der Waals surface area contributed by atoms with E-state index in [1.165, 1.54) is 30.4 Å². The van der Waals surface area contributed by atoms with Crippen molar-refractivity contribution in [1.82, 2.24) is 14.9 Å². The minimum Gasteiger partial charge on any atom is -0.378 e. The number of piperidine rings is 1. The first-order valence-corrected chi connectivity index (χ1v) is 13.9. The van der Waals surface area contributed by atoms with Gasteiger partial charge in [0.2, 0.25) is 0 Å². The second-order valence-corrected chi connectivity index (χ2v) is 10.8. The Morgan fingerprint density at radius 2 is 1.78 bits per heavy atom. The molecule has 1 aliphatic carbocycles. The molecule has 2 aromatic carbocycles. The van der Waals surface area contributed by atoms with Crippen molar-refractivity contribution in [3.8, 4) is 23.5 Å². The Balaban J connectivity index is 0.000000711. The molecule has 0 radical (unpaired) electrons. The van der Waals surface area contributed by atoms with Crippen molar-refractivity contribution in [2.24, 2.45) is 0 Å². The molecule has 1 saturated carbocycles. The van der Waals surface area contributed by atoms with E-state index in [2.05, 4.69) is 53.8 Å². The zero-order chi connectivity index (χ0) is 28.6. The topological polar surface area (TPSA) is 106 Å². The molecule has 1 saturated heterocycles. The number of aromatic nitrogens is 2. The summed E-state index contributed by atoms with van der Waals surface area (Å²) in [6, 6.07) is 16.2. The molecule has 7 heteroatoms. The highest BCUT2D eigenvalue weighted by molar-refractivity contribution is 5.97. The normalized spacial score (nSPS) is 14.9. The fourth-order valence-corrected chi connectivity index (χ4v) is 5.36. The number of ether oxygens (including phenoxy) is 1. The molecule has 2 heterocycles. The van der Waals surface area contributed by atoms with E-state index >= 15 is 0 Å². The quantitative estimate of drug-likeness (QED) is 0.321. The van der Waals surface area contributed by atoms with Gasteiger partial charge in [0.15, 0.2) is 0 Å². The molecule has 41 heavy (non-hydrogen) atoms. The standard InChI is InChI=1S/C29H32N4O2.C4H5N.CH4/c1-19-14-26(23-4-3-5-23)27(28-31-17-24(32-28)18-35-2)15-25(19)29(34)33-12-10-22(11-13-33)21-8-6-20(16-30)7-9-21;1-4(2)3-5;/h6-9,14-15,17,22-23H,3-5,10-13,18H2,1-2H3,(H,31,32);1H2,2H3;1H4. The van der Waals surface area contributed by atoms with Gasteiger partial charge in [-0.2, -0.15) is 10.5 Å². The Hall–Kier alpha value is -4.20. The number of benzene rings is 2. The highest BCUT2D eigenvalue weighted by atomic mass is 16.5. The number of aromatic amines is 1. The molecule has 7 nitrogen and oxygen atoms in total. The number of carbonyl (C=O) groups is 1. The number of imidazole rings is 1. The van der Waals surface area contributed by atoms with Crippen LogP contribution in [-0.2, 0) is 11.3 Å². The van der Waals surface area contributed by atoms with Gasteiger partial charge in [0.25, 0.3) is 5.91 Å². The number of methoxy groups -OCH3 is 1. The Morgan fingerprint density at radius 1 is 1.12 bits per heavy atom. The van der Waals surface area contributed by atoms with E-state index in [1.807, 2.05) is 29.3 Å². The molecule has 5 rings (SSSR count). The van der Waals surface area contributed by atoms with Gasteiger partial charge >= 0.3 is 0 Å². The van der Waals surface area contributed by atoms with Gasteiger partial charge in [0.1, 0.15) is 5.82 Å². The van der Waals surface area contributed by atoms with Gasteiger partial charge in [-0.15, -0.1) is 0 Å². The Morgan fingerprint density at radius 3 is 2.32 bits per heavy atom. The van der Waals surface area contributed by atoms with E-state index in [0.717, 1.165) is 54.1 Å². The van der Waals surface area contributed by atoms with E-state index in [0.29, 0.717) is 29.6 Å². The number of likely N-dealkylation sites (tertiary alicyclic amines) is 1. The van der Waals surface area contributed by atoms with E-state index in [4.69, 9.17) is 15.3 Å². The van der Waals surface area contributed by atoms with Crippen LogP contribution in [0, 0.1) is 29.6 Å². The predicted octanol–water partition coefficient (Wildman–Crippen LogP) is 7.41. The van der Waals surface area contributed by atoms with E-state index in [9.17, 15) is 4.79 Å². The van der Waals surface area contributed by atoms with Crippen molar-refractivity contribution in [2.75, 3.05) is 20.2 Å². The third kappa shape index (κ3) is 7.51. The Kier molecular flexibility index (Phi) is 11.0. The number of nitrogens with one attached hydrogen (secondary N) is 1.